The van der Waals surface area contributed by atoms with Gasteiger partial charge in [-0.15, -0.1) is 0 Å². The number of halogens is 2. The monoisotopic (exact) mass is 360 g/mol. The smallest absolute Gasteiger partial charge is 0.266 e. The summed E-state index contributed by atoms with van der Waals surface area (Å²) in [7, 11) is 0. The van der Waals surface area contributed by atoms with E-state index in [4.69, 9.17) is 27.9 Å². The molecule has 2 aromatic carbocycles. The van der Waals surface area contributed by atoms with Crippen LogP contribution < -0.4 is 10.1 Å². The lowest BCUT2D eigenvalue weighted by Crippen LogP contribution is -2.14. The first-order chi connectivity index (χ1) is 11.6. The van der Waals surface area contributed by atoms with E-state index >= 15 is 0 Å². The molecule has 122 valence electrons. The zero-order chi connectivity index (χ0) is 17.5. The average molecular weight is 361 g/mol. The molecular weight excluding hydrogens is 347 g/mol. The fraction of sp³-hybridized carbons (Fsp3) is 0.111. The minimum atomic E-state index is -0.555. The highest BCUT2D eigenvalue weighted by Gasteiger charge is 2.13. The van der Waals surface area contributed by atoms with E-state index in [9.17, 15) is 10.1 Å². The molecule has 0 saturated carbocycles. The van der Waals surface area contributed by atoms with Crippen LogP contribution in [0.1, 0.15) is 12.5 Å². The zero-order valence-electron chi connectivity index (χ0n) is 12.8. The van der Waals surface area contributed by atoms with Crippen LogP contribution in [-0.2, 0) is 4.79 Å². The van der Waals surface area contributed by atoms with E-state index in [1.54, 1.807) is 42.5 Å². The van der Waals surface area contributed by atoms with Gasteiger partial charge >= 0.3 is 0 Å². The molecule has 0 bridgehead atoms. The van der Waals surface area contributed by atoms with Gasteiger partial charge in [-0.25, -0.2) is 0 Å². The zero-order valence-corrected chi connectivity index (χ0v) is 14.4. The Balaban J connectivity index is 2.29. The van der Waals surface area contributed by atoms with E-state index in [1.807, 2.05) is 13.0 Å². The van der Waals surface area contributed by atoms with Crippen LogP contribution in [0.5, 0.6) is 5.75 Å². The molecule has 1 amide bonds. The molecule has 1 N–H and O–H groups in total. The molecule has 0 spiro atoms. The maximum atomic E-state index is 12.4. The van der Waals surface area contributed by atoms with Crippen molar-refractivity contribution in [3.8, 4) is 11.8 Å². The predicted octanol–water partition coefficient (Wildman–Crippen LogP) is 4.94. The van der Waals surface area contributed by atoms with E-state index in [1.165, 1.54) is 6.08 Å². The number of carbonyl (C=O) groups is 1. The topological polar surface area (TPSA) is 62.1 Å². The summed E-state index contributed by atoms with van der Waals surface area (Å²) in [6.45, 7) is 2.31. The van der Waals surface area contributed by atoms with Gasteiger partial charge in [0.05, 0.1) is 22.3 Å². The Bertz CT molecular complexity index is 826. The van der Waals surface area contributed by atoms with Gasteiger partial charge in [0.15, 0.2) is 0 Å². The van der Waals surface area contributed by atoms with Crippen molar-refractivity contribution in [1.82, 2.24) is 0 Å². The molecule has 0 fully saturated rings. The van der Waals surface area contributed by atoms with Gasteiger partial charge in [-0.05, 0) is 36.8 Å². The van der Waals surface area contributed by atoms with Gasteiger partial charge < -0.3 is 10.1 Å². The first-order valence-corrected chi connectivity index (χ1v) is 7.91. The van der Waals surface area contributed by atoms with Crippen molar-refractivity contribution in [2.75, 3.05) is 11.9 Å². The van der Waals surface area contributed by atoms with Crippen LogP contribution in [0.4, 0.5) is 5.69 Å². The van der Waals surface area contributed by atoms with Gasteiger partial charge in [-0.3, -0.25) is 4.79 Å². The summed E-state index contributed by atoms with van der Waals surface area (Å²) in [5, 5.41) is 12.6. The number of carbonyl (C=O) groups excluding carboxylic acids is 1. The second-order valence-electron chi connectivity index (χ2n) is 4.70. The van der Waals surface area contributed by atoms with E-state index in [2.05, 4.69) is 5.32 Å². The number of rotatable bonds is 5. The Morgan fingerprint density at radius 2 is 2.00 bits per heavy atom. The fourth-order valence-electron chi connectivity index (χ4n) is 1.98. The van der Waals surface area contributed by atoms with E-state index in [0.29, 0.717) is 28.6 Å². The Kier molecular flexibility index (Phi) is 6.25. The third kappa shape index (κ3) is 4.29. The summed E-state index contributed by atoms with van der Waals surface area (Å²) < 4.78 is 5.45. The van der Waals surface area contributed by atoms with Crippen LogP contribution in [0, 0.1) is 11.3 Å². The maximum Gasteiger partial charge on any atom is 0.266 e. The molecular formula is C18H14Cl2N2O2. The standard InChI is InChI=1S/C18H14Cl2N2O2/c1-2-24-16-9-4-3-8-15(16)22-18(23)13(11-21)10-12-6-5-7-14(19)17(12)20/h3-10H,2H2,1H3,(H,22,23)/b13-10+. The first kappa shape index (κ1) is 17.9. The Hall–Kier alpha value is -2.48. The highest BCUT2D eigenvalue weighted by atomic mass is 35.5. The third-order valence-electron chi connectivity index (χ3n) is 3.08. The molecule has 0 aliphatic rings. The van der Waals surface area contributed by atoms with E-state index in [0.717, 1.165) is 0 Å². The van der Waals surface area contributed by atoms with E-state index in [-0.39, 0.29) is 10.6 Å². The summed E-state index contributed by atoms with van der Waals surface area (Å²) in [5.41, 5.74) is 0.891. The average Bonchev–Trinajstić information content (AvgIpc) is 2.58. The number of anilines is 1. The van der Waals surface area contributed by atoms with Crippen molar-refractivity contribution in [3.05, 3.63) is 63.6 Å². The van der Waals surface area contributed by atoms with Gasteiger partial charge in [0.2, 0.25) is 0 Å². The first-order valence-electron chi connectivity index (χ1n) is 7.15. The summed E-state index contributed by atoms with van der Waals surface area (Å²) in [4.78, 5) is 12.4. The number of benzene rings is 2. The van der Waals surface area contributed by atoms with Crippen LogP contribution in [0.25, 0.3) is 6.08 Å². The van der Waals surface area contributed by atoms with Crippen LogP contribution in [0.15, 0.2) is 48.0 Å². The minimum Gasteiger partial charge on any atom is -0.492 e. The molecule has 6 heteroatoms. The van der Waals surface area contributed by atoms with Crippen LogP contribution >= 0.6 is 23.2 Å². The summed E-state index contributed by atoms with van der Waals surface area (Å²) in [6.07, 6.45) is 1.40. The number of ether oxygens (including phenoxy) is 1. The second-order valence-corrected chi connectivity index (χ2v) is 5.48. The van der Waals surface area contributed by atoms with Crippen molar-refractivity contribution < 1.29 is 9.53 Å². The molecule has 0 saturated heterocycles. The minimum absolute atomic E-state index is 0.0922. The second kappa shape index (κ2) is 8.39. The predicted molar refractivity (Wildman–Crippen MR) is 96.3 cm³/mol. The lowest BCUT2D eigenvalue weighted by Gasteiger charge is -2.11. The Labute approximate surface area is 150 Å². The fourth-order valence-corrected chi connectivity index (χ4v) is 2.34. The summed E-state index contributed by atoms with van der Waals surface area (Å²) in [5.74, 6) is -0.0212. The number of amides is 1. The molecule has 2 rings (SSSR count). The highest BCUT2D eigenvalue weighted by Crippen LogP contribution is 2.28. The lowest BCUT2D eigenvalue weighted by molar-refractivity contribution is -0.112. The SMILES string of the molecule is CCOc1ccccc1NC(=O)/C(C#N)=C/c1cccc(Cl)c1Cl. The van der Waals surface area contributed by atoms with Gasteiger partial charge in [0, 0.05) is 0 Å². The molecule has 0 radical (unpaired) electrons. The highest BCUT2D eigenvalue weighted by molar-refractivity contribution is 6.43. The van der Waals surface area contributed by atoms with Gasteiger partial charge in [0.25, 0.3) is 5.91 Å². The molecule has 0 aromatic heterocycles. The van der Waals surface area contributed by atoms with Crippen LogP contribution in [0.2, 0.25) is 10.0 Å². The van der Waals surface area contributed by atoms with Gasteiger partial charge in [0.1, 0.15) is 17.4 Å². The Morgan fingerprint density at radius 3 is 2.71 bits per heavy atom. The largest absolute Gasteiger partial charge is 0.492 e. The number of hydrogen-bond acceptors (Lipinski definition) is 3. The van der Waals surface area contributed by atoms with Gasteiger partial charge in [-0.1, -0.05) is 47.5 Å². The van der Waals surface area contributed by atoms with Crippen molar-refractivity contribution in [2.45, 2.75) is 6.92 Å². The lowest BCUT2D eigenvalue weighted by atomic mass is 10.1. The molecule has 0 aliphatic heterocycles. The van der Waals surface area contributed by atoms with Crippen LogP contribution in [0.3, 0.4) is 0 Å². The van der Waals surface area contributed by atoms with Gasteiger partial charge in [-0.2, -0.15) is 5.26 Å². The molecule has 24 heavy (non-hydrogen) atoms. The van der Waals surface area contributed by atoms with Crippen LogP contribution in [-0.4, -0.2) is 12.5 Å². The third-order valence-corrected chi connectivity index (χ3v) is 3.92. The quantitative estimate of drug-likeness (QED) is 0.606. The normalized spacial score (nSPS) is 10.8. The van der Waals surface area contributed by atoms with E-state index < -0.39 is 5.91 Å². The molecule has 0 atom stereocenters. The Morgan fingerprint density at radius 1 is 1.25 bits per heavy atom. The maximum absolute atomic E-state index is 12.4. The summed E-state index contributed by atoms with van der Waals surface area (Å²) in [6, 6.07) is 13.9. The van der Waals surface area contributed by atoms with Crippen molar-refractivity contribution >= 4 is 40.9 Å². The molecule has 2 aromatic rings. The molecule has 4 nitrogen and oxygen atoms in total. The number of nitrogens with zero attached hydrogens (tertiary/aromatic N) is 1. The van der Waals surface area contributed by atoms with Crippen molar-refractivity contribution in [2.24, 2.45) is 0 Å². The molecule has 0 unspecified atom stereocenters. The molecule has 0 heterocycles. The number of para-hydroxylation sites is 2. The number of nitrogens with one attached hydrogen (secondary N) is 1. The number of nitriles is 1. The summed E-state index contributed by atoms with van der Waals surface area (Å²) >= 11 is 12.0. The van der Waals surface area contributed by atoms with Crippen molar-refractivity contribution in [1.29, 1.82) is 5.26 Å². The van der Waals surface area contributed by atoms with Crippen molar-refractivity contribution in [3.63, 3.8) is 0 Å². The number of hydrogen-bond donors (Lipinski definition) is 1. The molecule has 0 aliphatic carbocycles.